The van der Waals surface area contributed by atoms with Crippen molar-refractivity contribution >= 4 is 23.4 Å². The number of ether oxygens (including phenoxy) is 3. The van der Waals surface area contributed by atoms with Crippen molar-refractivity contribution in [3.05, 3.63) is 98.6 Å². The third-order valence-electron chi connectivity index (χ3n) is 9.03. The minimum absolute atomic E-state index is 0.147. The van der Waals surface area contributed by atoms with Gasteiger partial charge in [0.1, 0.15) is 5.01 Å². The van der Waals surface area contributed by atoms with Crippen molar-refractivity contribution in [1.29, 1.82) is 0 Å². The fourth-order valence-electron chi connectivity index (χ4n) is 5.92. The van der Waals surface area contributed by atoms with E-state index in [9.17, 15) is 19.8 Å². The van der Waals surface area contributed by atoms with E-state index in [0.29, 0.717) is 29.1 Å². The number of aromatic nitrogens is 1. The molecule has 0 radical (unpaired) electrons. The number of hydrogen-bond donors (Lipinski definition) is 3. The van der Waals surface area contributed by atoms with Crippen molar-refractivity contribution in [3.63, 3.8) is 0 Å². The fraction of sp³-hybridized carbons (Fsp3) is 0.548. The number of carbonyl (C=O) groups excluding carboxylic acids is 2. The largest absolute Gasteiger partial charge is 0.452 e. The summed E-state index contributed by atoms with van der Waals surface area (Å²) in [5.74, 6) is -0.903. The predicted octanol–water partition coefficient (Wildman–Crippen LogP) is 9.06. The van der Waals surface area contributed by atoms with Crippen LogP contribution in [0.15, 0.2) is 87.9 Å². The Morgan fingerprint density at radius 3 is 2.37 bits per heavy atom. The first-order valence-corrected chi connectivity index (χ1v) is 19.0. The number of amides is 1. The van der Waals surface area contributed by atoms with Gasteiger partial charge in [-0.15, -0.1) is 11.3 Å². The lowest BCUT2D eigenvalue weighted by Crippen LogP contribution is -2.30. The average Bonchev–Trinajstić information content (AvgIpc) is 3.57. The van der Waals surface area contributed by atoms with Crippen LogP contribution in [0, 0.1) is 23.7 Å². The second-order valence-corrected chi connectivity index (χ2v) is 15.4. The number of methoxy groups -OCH3 is 1. The van der Waals surface area contributed by atoms with Crippen LogP contribution in [0.5, 0.6) is 0 Å². The number of carbonyl (C=O) groups is 2. The summed E-state index contributed by atoms with van der Waals surface area (Å²) in [6, 6.07) is 0. The Labute approximate surface area is 315 Å². The van der Waals surface area contributed by atoms with Gasteiger partial charge in [-0.1, -0.05) is 106 Å². The maximum atomic E-state index is 13.6. The van der Waals surface area contributed by atoms with Crippen LogP contribution in [0.1, 0.15) is 105 Å². The van der Waals surface area contributed by atoms with Crippen LogP contribution in [0.25, 0.3) is 0 Å². The van der Waals surface area contributed by atoms with Crippen molar-refractivity contribution in [1.82, 2.24) is 10.3 Å². The Hall–Kier alpha value is -3.57. The van der Waals surface area contributed by atoms with E-state index < -0.39 is 36.5 Å². The van der Waals surface area contributed by atoms with Gasteiger partial charge in [0.2, 0.25) is 0 Å². The zero-order chi connectivity index (χ0) is 39.1. The smallest absolute Gasteiger partial charge is 0.407 e. The maximum absolute atomic E-state index is 13.6. The molecule has 0 saturated heterocycles. The summed E-state index contributed by atoms with van der Waals surface area (Å²) in [5.41, 5.74) is 4.83. The van der Waals surface area contributed by atoms with Crippen molar-refractivity contribution in [2.75, 3.05) is 14.2 Å². The Balaban J connectivity index is 2.60. The summed E-state index contributed by atoms with van der Waals surface area (Å²) in [6.07, 6.45) is 14.6. The number of esters is 1. The lowest BCUT2D eigenvalue weighted by molar-refractivity contribution is -0.146. The maximum Gasteiger partial charge on any atom is 0.407 e. The first-order chi connectivity index (χ1) is 24.5. The van der Waals surface area contributed by atoms with Crippen LogP contribution in [0.2, 0.25) is 0 Å². The number of alkyl carbamates (subject to hydrolysis) is 1. The second kappa shape index (κ2) is 21.8. The lowest BCUT2D eigenvalue weighted by atomic mass is 9.91. The Kier molecular flexibility index (Phi) is 18.7. The van der Waals surface area contributed by atoms with E-state index in [0.717, 1.165) is 22.3 Å². The van der Waals surface area contributed by atoms with Gasteiger partial charge >= 0.3 is 12.1 Å². The monoisotopic (exact) mass is 738 g/mol. The van der Waals surface area contributed by atoms with E-state index in [4.69, 9.17) is 19.2 Å². The third-order valence-corrected chi connectivity index (χ3v) is 9.99. The zero-order valence-corrected chi connectivity index (χ0v) is 34.0. The number of hydrogen-bond acceptors (Lipinski definition) is 9. The molecule has 1 aromatic heterocycles. The van der Waals surface area contributed by atoms with Crippen LogP contribution >= 0.6 is 11.3 Å². The molecule has 8 atom stereocenters. The summed E-state index contributed by atoms with van der Waals surface area (Å²) in [4.78, 5) is 30.6. The van der Waals surface area contributed by atoms with E-state index in [1.165, 1.54) is 18.4 Å². The number of nitrogens with zero attached hydrogens (tertiary/aromatic N) is 1. The molecule has 0 fully saturated rings. The fourth-order valence-corrected chi connectivity index (χ4v) is 6.80. The number of thiazole rings is 1. The Morgan fingerprint density at radius 2 is 1.73 bits per heavy atom. The number of aliphatic hydroxyl groups is 2. The second-order valence-electron chi connectivity index (χ2n) is 14.5. The molecule has 0 aromatic carbocycles. The van der Waals surface area contributed by atoms with Gasteiger partial charge in [-0.05, 0) is 59.0 Å². The highest BCUT2D eigenvalue weighted by molar-refractivity contribution is 7.09. The number of allylic oxidation sites excluding steroid dienone is 8. The van der Waals surface area contributed by atoms with Gasteiger partial charge in [-0.25, -0.2) is 14.6 Å². The van der Waals surface area contributed by atoms with E-state index in [-0.39, 0.29) is 29.8 Å². The summed E-state index contributed by atoms with van der Waals surface area (Å²) in [6.45, 7) is 19.6. The quantitative estimate of drug-likeness (QED) is 0.195. The number of nitrogens with one attached hydrogen (secondary N) is 1. The summed E-state index contributed by atoms with van der Waals surface area (Å²) in [5, 5.41) is 27.0. The predicted molar refractivity (Wildman–Crippen MR) is 211 cm³/mol. The Morgan fingerprint density at radius 1 is 1.04 bits per heavy atom. The molecule has 0 unspecified atom stereocenters. The van der Waals surface area contributed by atoms with E-state index in [1.807, 2.05) is 102 Å². The highest BCUT2D eigenvalue weighted by Gasteiger charge is 2.29. The van der Waals surface area contributed by atoms with Gasteiger partial charge in [0.05, 0.1) is 24.0 Å². The van der Waals surface area contributed by atoms with Crippen molar-refractivity contribution < 1.29 is 34.0 Å². The van der Waals surface area contributed by atoms with Crippen LogP contribution in [-0.4, -0.2) is 59.7 Å². The molecule has 1 aromatic rings. The molecule has 2 heterocycles. The first-order valence-electron chi connectivity index (χ1n) is 18.1. The topological polar surface area (TPSA) is 127 Å². The molecule has 2 rings (SSSR count). The number of rotatable bonds is 6. The summed E-state index contributed by atoms with van der Waals surface area (Å²) < 4.78 is 17.7. The Bertz CT molecular complexity index is 1550. The lowest BCUT2D eigenvalue weighted by Gasteiger charge is -2.26. The van der Waals surface area contributed by atoms with Crippen molar-refractivity contribution in [3.8, 4) is 0 Å². The molecular formula is C42H62N2O7S. The summed E-state index contributed by atoms with van der Waals surface area (Å²) in [7, 11) is 3.15. The van der Waals surface area contributed by atoms with E-state index in [1.54, 1.807) is 20.1 Å². The molecule has 3 N–H and O–H groups in total. The zero-order valence-electron chi connectivity index (χ0n) is 33.2. The van der Waals surface area contributed by atoms with Crippen LogP contribution in [0.4, 0.5) is 4.79 Å². The van der Waals surface area contributed by atoms with Gasteiger partial charge in [-0.2, -0.15) is 0 Å². The van der Waals surface area contributed by atoms with Gasteiger partial charge in [0.15, 0.2) is 12.2 Å². The molecule has 9 nitrogen and oxygen atoms in total. The number of aliphatic hydroxyl groups excluding tert-OH is 2. The van der Waals surface area contributed by atoms with Gasteiger partial charge in [0.25, 0.3) is 0 Å². The van der Waals surface area contributed by atoms with Crippen molar-refractivity contribution in [2.24, 2.45) is 23.7 Å². The van der Waals surface area contributed by atoms with Crippen molar-refractivity contribution in [2.45, 2.75) is 113 Å². The molecule has 10 heteroatoms. The molecule has 288 valence electrons. The molecule has 1 aliphatic rings. The molecule has 0 aliphatic carbocycles. The molecule has 52 heavy (non-hydrogen) atoms. The van der Waals surface area contributed by atoms with Crippen LogP contribution in [-0.2, 0) is 19.0 Å². The molecule has 1 aliphatic heterocycles. The highest BCUT2D eigenvalue weighted by atomic mass is 32.1. The summed E-state index contributed by atoms with van der Waals surface area (Å²) >= 11 is 1.37. The van der Waals surface area contributed by atoms with Gasteiger partial charge < -0.3 is 29.7 Å². The van der Waals surface area contributed by atoms with E-state index >= 15 is 0 Å². The minimum atomic E-state index is -0.755. The molecule has 0 bridgehead atoms. The number of cyclic esters (lactones) is 1. The van der Waals surface area contributed by atoms with Crippen LogP contribution in [0.3, 0.4) is 0 Å². The molecule has 1 amide bonds. The standard InChI is InChI=1S/C42H62N2O7S/c1-25(2)20-37(50-42(48)43-11)40-44-34(24-52-40)39-30(7)15-13-14-29(6)38(49-12)33(10)35(45)19-17-26(3)21-28(5)22-32(9)36(46)23-27(4)16-18-31(8)41(47)51-39/h13-15,17-19,21-25,30,32-33,35-39,45-46H,16,20H2,1-12H3,(H,43,48)/b15-13-,19-17-,26-21-,27-23+,28-22-,29-14+,31-18+/t30-,32-,33-,35+,36+,37-,38+,39-/m0/s1. The average molecular weight is 739 g/mol. The van der Waals surface area contributed by atoms with Gasteiger partial charge in [0, 0.05) is 42.9 Å². The SMILES string of the molecule is CNC(=O)O[C@@H](CC(C)C)c1nc([C@H]2OC(=O)/C(C)=C/C/C(C)=C/[C@@H](O)[C@@H](C)\C=C(C)/C=C(C)\C=C/[C@@H](O)[C@H](C)[C@H](OC)/C(C)=C/C=C\[C@@H]2C)cs1. The van der Waals surface area contributed by atoms with Gasteiger partial charge in [-0.3, -0.25) is 0 Å². The molecule has 0 spiro atoms. The highest BCUT2D eigenvalue weighted by Crippen LogP contribution is 2.34. The first kappa shape index (κ1) is 44.6. The third kappa shape index (κ3) is 14.5. The minimum Gasteiger partial charge on any atom is -0.452 e. The van der Waals surface area contributed by atoms with Crippen LogP contribution < -0.4 is 5.32 Å². The molecule has 0 saturated carbocycles. The normalized spacial score (nSPS) is 33.2. The molecular weight excluding hydrogens is 677 g/mol. The van der Waals surface area contributed by atoms with E-state index in [2.05, 4.69) is 19.2 Å².